The van der Waals surface area contributed by atoms with Crippen molar-refractivity contribution in [2.75, 3.05) is 6.54 Å². The quantitative estimate of drug-likeness (QED) is 0.800. The maximum atomic E-state index is 11.9. The van der Waals surface area contributed by atoms with Crippen LogP contribution in [0.25, 0.3) is 0 Å². The number of carbonyl (C=O) groups is 2. The van der Waals surface area contributed by atoms with Gasteiger partial charge in [0.25, 0.3) is 5.91 Å². The van der Waals surface area contributed by atoms with Crippen LogP contribution in [0.4, 0.5) is 0 Å². The van der Waals surface area contributed by atoms with Gasteiger partial charge in [-0.25, -0.2) is 4.98 Å². The smallest absolute Gasteiger partial charge is 0.303 e. The van der Waals surface area contributed by atoms with Crippen LogP contribution in [0.2, 0.25) is 0 Å². The van der Waals surface area contributed by atoms with E-state index < -0.39 is 5.97 Å². The highest BCUT2D eigenvalue weighted by Gasteiger charge is 2.20. The predicted octanol–water partition coefficient (Wildman–Crippen LogP) is 2.30. The second-order valence-corrected chi connectivity index (χ2v) is 5.71. The SMILES string of the molecule is Cc1nc(C)c(C(=O)NCCC(C)(C)CCC(=O)O)o1. The summed E-state index contributed by atoms with van der Waals surface area (Å²) in [6.45, 7) is 7.88. The molecular formula is C14H22N2O4. The summed E-state index contributed by atoms with van der Waals surface area (Å²) in [4.78, 5) is 26.5. The molecule has 6 heteroatoms. The van der Waals surface area contributed by atoms with Gasteiger partial charge in [0.2, 0.25) is 5.76 Å². The van der Waals surface area contributed by atoms with Crippen LogP contribution >= 0.6 is 0 Å². The maximum absolute atomic E-state index is 11.9. The maximum Gasteiger partial charge on any atom is 0.303 e. The first-order valence-corrected chi connectivity index (χ1v) is 6.65. The van der Waals surface area contributed by atoms with E-state index in [-0.39, 0.29) is 23.5 Å². The van der Waals surface area contributed by atoms with Crippen LogP contribution in [0, 0.1) is 19.3 Å². The molecule has 0 fully saturated rings. The summed E-state index contributed by atoms with van der Waals surface area (Å²) in [5.74, 6) is -0.368. The van der Waals surface area contributed by atoms with Crippen LogP contribution in [0.15, 0.2) is 4.42 Å². The van der Waals surface area contributed by atoms with E-state index in [9.17, 15) is 9.59 Å². The normalized spacial score (nSPS) is 11.4. The molecule has 0 saturated carbocycles. The van der Waals surface area contributed by atoms with Crippen LogP contribution < -0.4 is 5.32 Å². The van der Waals surface area contributed by atoms with E-state index in [4.69, 9.17) is 9.52 Å². The van der Waals surface area contributed by atoms with Gasteiger partial charge < -0.3 is 14.8 Å². The van der Waals surface area contributed by atoms with Gasteiger partial charge in [-0.15, -0.1) is 0 Å². The Morgan fingerprint density at radius 2 is 1.95 bits per heavy atom. The molecule has 0 radical (unpaired) electrons. The third-order valence-electron chi connectivity index (χ3n) is 3.21. The summed E-state index contributed by atoms with van der Waals surface area (Å²) < 4.78 is 5.24. The Hall–Kier alpha value is -1.85. The number of oxazole rings is 1. The lowest BCUT2D eigenvalue weighted by atomic mass is 9.84. The lowest BCUT2D eigenvalue weighted by Gasteiger charge is -2.23. The largest absolute Gasteiger partial charge is 0.481 e. The van der Waals surface area contributed by atoms with Gasteiger partial charge in [0, 0.05) is 19.9 Å². The van der Waals surface area contributed by atoms with Gasteiger partial charge in [0.05, 0.1) is 5.69 Å². The number of nitrogens with zero attached hydrogens (tertiary/aromatic N) is 1. The fourth-order valence-corrected chi connectivity index (χ4v) is 1.91. The van der Waals surface area contributed by atoms with Gasteiger partial charge in [0.15, 0.2) is 5.89 Å². The number of hydrogen-bond donors (Lipinski definition) is 2. The first-order chi connectivity index (χ1) is 9.21. The summed E-state index contributed by atoms with van der Waals surface area (Å²) in [6.07, 6.45) is 1.43. The van der Waals surface area contributed by atoms with Crippen LogP contribution in [-0.4, -0.2) is 28.5 Å². The van der Waals surface area contributed by atoms with Gasteiger partial charge in [0.1, 0.15) is 0 Å². The molecule has 20 heavy (non-hydrogen) atoms. The number of hydrogen-bond acceptors (Lipinski definition) is 4. The summed E-state index contributed by atoms with van der Waals surface area (Å²) >= 11 is 0. The second-order valence-electron chi connectivity index (χ2n) is 5.71. The molecule has 112 valence electrons. The van der Waals surface area contributed by atoms with Crippen molar-refractivity contribution in [1.82, 2.24) is 10.3 Å². The van der Waals surface area contributed by atoms with Gasteiger partial charge in [-0.1, -0.05) is 13.8 Å². The number of aliphatic carboxylic acids is 1. The van der Waals surface area contributed by atoms with Crippen LogP contribution in [-0.2, 0) is 4.79 Å². The molecule has 0 aliphatic carbocycles. The Labute approximate surface area is 118 Å². The molecule has 1 aromatic rings. The monoisotopic (exact) mass is 282 g/mol. The fourth-order valence-electron chi connectivity index (χ4n) is 1.91. The van der Waals surface area contributed by atoms with Crippen molar-refractivity contribution in [3.05, 3.63) is 17.3 Å². The number of nitrogens with one attached hydrogen (secondary N) is 1. The average molecular weight is 282 g/mol. The molecule has 1 aromatic heterocycles. The molecule has 0 aromatic carbocycles. The molecule has 2 N–H and O–H groups in total. The van der Waals surface area contributed by atoms with Crippen molar-refractivity contribution in [3.63, 3.8) is 0 Å². The second kappa shape index (κ2) is 6.54. The Morgan fingerprint density at radius 1 is 1.30 bits per heavy atom. The molecular weight excluding hydrogens is 260 g/mol. The number of carboxylic acids is 1. The van der Waals surface area contributed by atoms with Crippen molar-refractivity contribution in [1.29, 1.82) is 0 Å². The van der Waals surface area contributed by atoms with Crippen molar-refractivity contribution in [2.24, 2.45) is 5.41 Å². The molecule has 0 aliphatic heterocycles. The lowest BCUT2D eigenvalue weighted by Crippen LogP contribution is -2.28. The van der Waals surface area contributed by atoms with E-state index >= 15 is 0 Å². The summed E-state index contributed by atoms with van der Waals surface area (Å²) in [5.41, 5.74) is 0.447. The van der Waals surface area contributed by atoms with E-state index in [0.29, 0.717) is 31.0 Å². The molecule has 1 heterocycles. The van der Waals surface area contributed by atoms with Gasteiger partial charge in [-0.05, 0) is 25.2 Å². The standard InChI is InChI=1S/C14H22N2O4/c1-9-12(20-10(2)16-9)13(19)15-8-7-14(3,4)6-5-11(17)18/h5-8H2,1-4H3,(H,15,19)(H,17,18). The molecule has 0 atom stereocenters. The van der Waals surface area contributed by atoms with Gasteiger partial charge in [-0.3, -0.25) is 9.59 Å². The van der Waals surface area contributed by atoms with E-state index in [2.05, 4.69) is 10.3 Å². The number of carboxylic acid groups (broad SMARTS) is 1. The highest BCUT2D eigenvalue weighted by atomic mass is 16.4. The number of aromatic nitrogens is 1. The first kappa shape index (κ1) is 16.2. The lowest BCUT2D eigenvalue weighted by molar-refractivity contribution is -0.137. The van der Waals surface area contributed by atoms with Crippen LogP contribution in [0.1, 0.15) is 55.2 Å². The minimum absolute atomic E-state index is 0.127. The number of carbonyl (C=O) groups excluding carboxylic acids is 1. The van der Waals surface area contributed by atoms with Crippen molar-refractivity contribution < 1.29 is 19.1 Å². The van der Waals surface area contributed by atoms with Crippen LogP contribution in [0.3, 0.4) is 0 Å². The predicted molar refractivity (Wildman–Crippen MR) is 73.6 cm³/mol. The van der Waals surface area contributed by atoms with Gasteiger partial charge >= 0.3 is 5.97 Å². The highest BCUT2D eigenvalue weighted by Crippen LogP contribution is 2.26. The molecule has 0 saturated heterocycles. The first-order valence-electron chi connectivity index (χ1n) is 6.65. The minimum atomic E-state index is -0.796. The molecule has 0 bridgehead atoms. The third kappa shape index (κ3) is 5.03. The number of rotatable bonds is 7. The molecule has 6 nitrogen and oxygen atoms in total. The van der Waals surface area contributed by atoms with Crippen LogP contribution in [0.5, 0.6) is 0 Å². The third-order valence-corrected chi connectivity index (χ3v) is 3.21. The zero-order chi connectivity index (χ0) is 15.3. The Morgan fingerprint density at radius 3 is 2.45 bits per heavy atom. The Bertz CT molecular complexity index is 491. The van der Waals surface area contributed by atoms with Gasteiger partial charge in [-0.2, -0.15) is 0 Å². The van der Waals surface area contributed by atoms with Crippen molar-refractivity contribution in [2.45, 2.75) is 47.0 Å². The van der Waals surface area contributed by atoms with E-state index in [1.165, 1.54) is 0 Å². The molecule has 1 rings (SSSR count). The zero-order valence-electron chi connectivity index (χ0n) is 12.4. The molecule has 0 aliphatic rings. The summed E-state index contributed by atoms with van der Waals surface area (Å²) in [5, 5.41) is 11.5. The Kier molecular flexibility index (Phi) is 5.30. The Balaban J connectivity index is 2.42. The minimum Gasteiger partial charge on any atom is -0.481 e. The van der Waals surface area contributed by atoms with Crippen molar-refractivity contribution >= 4 is 11.9 Å². The zero-order valence-corrected chi connectivity index (χ0v) is 12.4. The summed E-state index contributed by atoms with van der Waals surface area (Å²) in [6, 6.07) is 0. The topological polar surface area (TPSA) is 92.4 Å². The van der Waals surface area contributed by atoms with E-state index in [1.807, 2.05) is 13.8 Å². The average Bonchev–Trinajstić information content (AvgIpc) is 2.66. The summed E-state index contributed by atoms with van der Waals surface area (Å²) in [7, 11) is 0. The number of aryl methyl sites for hydroxylation is 2. The number of amides is 1. The van der Waals surface area contributed by atoms with Crippen molar-refractivity contribution in [3.8, 4) is 0 Å². The van der Waals surface area contributed by atoms with E-state index in [0.717, 1.165) is 0 Å². The molecule has 0 unspecified atom stereocenters. The highest BCUT2D eigenvalue weighted by molar-refractivity contribution is 5.92. The molecule has 0 spiro atoms. The fraction of sp³-hybridized carbons (Fsp3) is 0.643. The van der Waals surface area contributed by atoms with E-state index in [1.54, 1.807) is 13.8 Å². The molecule has 1 amide bonds.